The fourth-order valence-corrected chi connectivity index (χ4v) is 2.93. The Hall–Kier alpha value is -3.77. The summed E-state index contributed by atoms with van der Waals surface area (Å²) in [4.78, 5) is 59.5. The van der Waals surface area contributed by atoms with Crippen LogP contribution >= 0.6 is 0 Å². The summed E-state index contributed by atoms with van der Waals surface area (Å²) in [5.74, 6) is -7.97. The zero-order valence-corrected chi connectivity index (χ0v) is 21.5. The van der Waals surface area contributed by atoms with Gasteiger partial charge in [-0.1, -0.05) is 12.1 Å². The minimum Gasteiger partial charge on any atom is -0.467 e. The topological polar surface area (TPSA) is 146 Å². The van der Waals surface area contributed by atoms with E-state index in [2.05, 4.69) is 20.1 Å². The average Bonchev–Trinajstić information content (AvgIpc) is 2.79. The number of hydrogen-bond acceptors (Lipinski definition) is 9. The second-order valence-corrected chi connectivity index (χ2v) is 8.82. The van der Waals surface area contributed by atoms with Crippen LogP contribution in [0.1, 0.15) is 63.0 Å². The third-order valence-electron chi connectivity index (χ3n) is 4.52. The van der Waals surface area contributed by atoms with Gasteiger partial charge >= 0.3 is 29.9 Å². The van der Waals surface area contributed by atoms with Gasteiger partial charge in [0.1, 0.15) is 12.2 Å². The van der Waals surface area contributed by atoms with Crippen LogP contribution in [0.3, 0.4) is 0 Å². The third-order valence-corrected chi connectivity index (χ3v) is 4.52. The highest BCUT2D eigenvalue weighted by atomic mass is 19.3. The molecule has 0 aliphatic heterocycles. The van der Waals surface area contributed by atoms with Gasteiger partial charge in [0.05, 0.1) is 25.3 Å². The second-order valence-electron chi connectivity index (χ2n) is 8.82. The lowest BCUT2D eigenvalue weighted by molar-refractivity contribution is -0.173. The molecule has 0 aromatic heterocycles. The molecule has 13 heteroatoms. The first kappa shape index (κ1) is 31.3. The van der Waals surface area contributed by atoms with Crippen molar-refractivity contribution in [1.82, 2.24) is 10.6 Å². The summed E-state index contributed by atoms with van der Waals surface area (Å²) in [5.41, 5.74) is -0.656. The average molecular weight is 531 g/mol. The quantitative estimate of drug-likeness (QED) is 0.326. The molecule has 0 saturated carbocycles. The predicted molar refractivity (Wildman–Crippen MR) is 125 cm³/mol. The molecule has 0 aliphatic rings. The van der Waals surface area contributed by atoms with Crippen molar-refractivity contribution >= 4 is 29.9 Å². The Labute approximate surface area is 213 Å². The number of hydrogen-bond donors (Lipinski definition) is 2. The first-order chi connectivity index (χ1) is 17.1. The van der Waals surface area contributed by atoms with Crippen LogP contribution in [0.5, 0.6) is 0 Å². The van der Waals surface area contributed by atoms with Crippen LogP contribution in [0.15, 0.2) is 24.3 Å². The minimum absolute atomic E-state index is 0.0108. The van der Waals surface area contributed by atoms with Crippen molar-refractivity contribution in [2.24, 2.45) is 0 Å². The van der Waals surface area contributed by atoms with Crippen molar-refractivity contribution in [2.75, 3.05) is 20.3 Å². The van der Waals surface area contributed by atoms with Gasteiger partial charge in [-0.3, -0.25) is 4.79 Å². The van der Waals surface area contributed by atoms with Gasteiger partial charge in [0.2, 0.25) is 5.91 Å². The van der Waals surface area contributed by atoms with Crippen molar-refractivity contribution in [2.45, 2.75) is 64.6 Å². The number of methoxy groups -OCH3 is 1. The molecule has 0 radical (unpaired) electrons. The molecule has 2 amide bonds. The van der Waals surface area contributed by atoms with Crippen molar-refractivity contribution in [3.8, 4) is 0 Å². The molecule has 0 aliphatic carbocycles. The Bertz CT molecular complexity index is 975. The van der Waals surface area contributed by atoms with Crippen LogP contribution in [-0.2, 0) is 33.3 Å². The van der Waals surface area contributed by atoms with Gasteiger partial charge in [0, 0.05) is 13.3 Å². The van der Waals surface area contributed by atoms with Crippen LogP contribution in [0.25, 0.3) is 0 Å². The maximum atomic E-state index is 14.3. The monoisotopic (exact) mass is 530 g/mol. The summed E-state index contributed by atoms with van der Waals surface area (Å²) in [5, 5.41) is 4.60. The first-order valence-corrected chi connectivity index (χ1v) is 11.3. The van der Waals surface area contributed by atoms with Gasteiger partial charge in [0.25, 0.3) is 0 Å². The number of carbonyl (C=O) groups is 5. The van der Waals surface area contributed by atoms with Gasteiger partial charge in [-0.05, 0) is 45.4 Å². The van der Waals surface area contributed by atoms with Gasteiger partial charge in [-0.15, -0.1) is 0 Å². The molecular weight excluding hydrogens is 498 g/mol. The van der Waals surface area contributed by atoms with E-state index < -0.39 is 66.5 Å². The lowest BCUT2D eigenvalue weighted by Crippen LogP contribution is -2.47. The Kier molecular flexibility index (Phi) is 11.4. The van der Waals surface area contributed by atoms with E-state index in [0.29, 0.717) is 0 Å². The van der Waals surface area contributed by atoms with E-state index in [9.17, 15) is 32.8 Å². The molecule has 2 atom stereocenters. The van der Waals surface area contributed by atoms with Crippen LogP contribution < -0.4 is 10.6 Å². The summed E-state index contributed by atoms with van der Waals surface area (Å²) in [6.45, 7) is 6.57. The number of nitrogens with one attached hydrogen (secondary N) is 2. The van der Waals surface area contributed by atoms with E-state index in [1.54, 1.807) is 20.8 Å². The smallest absolute Gasteiger partial charge is 0.408 e. The van der Waals surface area contributed by atoms with Crippen LogP contribution in [-0.4, -0.2) is 67.8 Å². The summed E-state index contributed by atoms with van der Waals surface area (Å²) in [6, 6.07) is 2.50. The molecule has 11 nitrogen and oxygen atoms in total. The first-order valence-electron chi connectivity index (χ1n) is 11.3. The highest BCUT2D eigenvalue weighted by molar-refractivity contribution is 5.90. The molecular formula is C24H32F2N2O9. The highest BCUT2D eigenvalue weighted by Crippen LogP contribution is 2.30. The fraction of sp³-hybridized carbons (Fsp3) is 0.542. The highest BCUT2D eigenvalue weighted by Gasteiger charge is 2.43. The van der Waals surface area contributed by atoms with Crippen molar-refractivity contribution < 1.29 is 51.7 Å². The number of rotatable bonds is 11. The van der Waals surface area contributed by atoms with E-state index in [1.165, 1.54) is 31.2 Å². The normalized spacial score (nSPS) is 13.0. The standard InChI is InChI=1S/C24H32F2N2O9/c1-7-35-21(32)24(25,26)12-17(27-14(2)29)15-8-10-16(11-9-15)19(30)36-13-18(20(31)34-6)28-22(33)37-23(3,4)5/h8-11,17-18H,7,12-13H2,1-6H3,(H,27,29)(H,28,33)/t17?,18-/m0/s1. The van der Waals surface area contributed by atoms with E-state index in [1.807, 2.05) is 0 Å². The zero-order valence-electron chi connectivity index (χ0n) is 21.5. The minimum atomic E-state index is -3.87. The van der Waals surface area contributed by atoms with Crippen molar-refractivity contribution in [1.29, 1.82) is 0 Å². The number of carbonyl (C=O) groups excluding carboxylic acids is 5. The van der Waals surface area contributed by atoms with Crippen molar-refractivity contribution in [3.63, 3.8) is 0 Å². The van der Waals surface area contributed by atoms with Crippen LogP contribution in [0, 0.1) is 0 Å². The van der Waals surface area contributed by atoms with E-state index in [-0.39, 0.29) is 17.7 Å². The second kappa shape index (κ2) is 13.5. The SMILES string of the molecule is CCOC(=O)C(F)(F)CC(NC(C)=O)c1ccc(C(=O)OC[C@H](NC(=O)OC(C)(C)C)C(=O)OC)cc1. The number of amides is 2. The number of esters is 3. The molecule has 0 heterocycles. The largest absolute Gasteiger partial charge is 0.467 e. The zero-order chi connectivity index (χ0) is 28.4. The molecule has 1 aromatic rings. The number of benzene rings is 1. The van der Waals surface area contributed by atoms with Gasteiger partial charge in [-0.25, -0.2) is 19.2 Å². The van der Waals surface area contributed by atoms with Gasteiger partial charge in [0.15, 0.2) is 6.04 Å². The molecule has 0 spiro atoms. The maximum absolute atomic E-state index is 14.3. The Balaban J connectivity index is 2.94. The van der Waals surface area contributed by atoms with Crippen LogP contribution in [0.2, 0.25) is 0 Å². The summed E-state index contributed by atoms with van der Waals surface area (Å²) in [6.07, 6.45) is -1.99. The Morgan fingerprint density at radius 1 is 0.973 bits per heavy atom. The number of halogens is 2. The molecule has 1 rings (SSSR count). The van der Waals surface area contributed by atoms with Gasteiger partial charge < -0.3 is 29.6 Å². The molecule has 1 aromatic carbocycles. The number of alkyl carbamates (subject to hydrolysis) is 1. The summed E-state index contributed by atoms with van der Waals surface area (Å²) in [7, 11) is 1.09. The molecule has 0 bridgehead atoms. The Morgan fingerprint density at radius 3 is 2.05 bits per heavy atom. The lowest BCUT2D eigenvalue weighted by atomic mass is 9.98. The summed E-state index contributed by atoms with van der Waals surface area (Å²) < 4.78 is 47.7. The predicted octanol–water partition coefficient (Wildman–Crippen LogP) is 2.68. The molecule has 37 heavy (non-hydrogen) atoms. The number of alkyl halides is 2. The summed E-state index contributed by atoms with van der Waals surface area (Å²) >= 11 is 0. The molecule has 0 saturated heterocycles. The third kappa shape index (κ3) is 10.8. The molecule has 206 valence electrons. The fourth-order valence-electron chi connectivity index (χ4n) is 2.93. The van der Waals surface area contributed by atoms with E-state index in [0.717, 1.165) is 14.0 Å². The molecule has 1 unspecified atom stereocenters. The van der Waals surface area contributed by atoms with Crippen LogP contribution in [0.4, 0.5) is 13.6 Å². The van der Waals surface area contributed by atoms with E-state index in [4.69, 9.17) is 9.47 Å². The molecule has 2 N–H and O–H groups in total. The molecule has 0 fully saturated rings. The number of ether oxygens (including phenoxy) is 4. The van der Waals surface area contributed by atoms with E-state index >= 15 is 0 Å². The Morgan fingerprint density at radius 2 is 1.57 bits per heavy atom. The van der Waals surface area contributed by atoms with Crippen molar-refractivity contribution in [3.05, 3.63) is 35.4 Å². The lowest BCUT2D eigenvalue weighted by Gasteiger charge is -2.23. The maximum Gasteiger partial charge on any atom is 0.408 e. The van der Waals surface area contributed by atoms with Gasteiger partial charge in [-0.2, -0.15) is 8.78 Å².